The molecule has 1 aliphatic heterocycles. The van der Waals surface area contributed by atoms with Crippen LogP contribution in [0.2, 0.25) is 0 Å². The second-order valence-electron chi connectivity index (χ2n) is 9.04. The number of carbonyl (C=O) groups is 2. The van der Waals surface area contributed by atoms with Gasteiger partial charge in [-0.25, -0.2) is 4.39 Å². The van der Waals surface area contributed by atoms with E-state index in [0.717, 1.165) is 25.7 Å². The molecule has 0 aromatic heterocycles. The van der Waals surface area contributed by atoms with Gasteiger partial charge in [0.05, 0.1) is 17.2 Å². The summed E-state index contributed by atoms with van der Waals surface area (Å²) in [5.74, 6) is -3.30. The van der Waals surface area contributed by atoms with Crippen LogP contribution in [0.25, 0.3) is 0 Å². The fourth-order valence-corrected chi connectivity index (χ4v) is 4.91. The lowest BCUT2D eigenvalue weighted by atomic mass is 9.87. The molecule has 1 atom stereocenters. The Hall–Kier alpha value is -2.32. The van der Waals surface area contributed by atoms with Crippen molar-refractivity contribution in [3.8, 4) is 5.75 Å². The lowest BCUT2D eigenvalue weighted by molar-refractivity contribution is -0.119. The van der Waals surface area contributed by atoms with Crippen LogP contribution < -0.4 is 4.74 Å². The number of hydrogen-bond acceptors (Lipinski definition) is 6. The molecule has 1 N–H and O–H groups in total. The Morgan fingerprint density at radius 2 is 1.82 bits per heavy atom. The first-order valence-electron chi connectivity index (χ1n) is 11.6. The van der Waals surface area contributed by atoms with Gasteiger partial charge in [-0.1, -0.05) is 18.9 Å². The summed E-state index contributed by atoms with van der Waals surface area (Å²) in [6.45, 7) is 3.66. The quantitative estimate of drug-likeness (QED) is 0.240. The molecule has 182 valence electrons. The van der Waals surface area contributed by atoms with Gasteiger partial charge in [0.25, 0.3) is 0 Å². The summed E-state index contributed by atoms with van der Waals surface area (Å²) in [4.78, 5) is 25.9. The molecule has 2 fully saturated rings. The van der Waals surface area contributed by atoms with Gasteiger partial charge < -0.3 is 14.6 Å². The molecule has 1 aromatic carbocycles. The van der Waals surface area contributed by atoms with Crippen LogP contribution in [0.1, 0.15) is 57.9 Å². The van der Waals surface area contributed by atoms with E-state index in [1.165, 1.54) is 26.0 Å². The summed E-state index contributed by atoms with van der Waals surface area (Å²) in [7, 11) is 1.77. The number of nitrogens with zero attached hydrogens (tertiary/aromatic N) is 1. The number of allylic oxidation sites excluding steroid dienone is 1. The highest BCUT2D eigenvalue weighted by molar-refractivity contribution is 6.19. The van der Waals surface area contributed by atoms with E-state index in [0.29, 0.717) is 26.0 Å². The van der Waals surface area contributed by atoms with Crippen LogP contribution in [-0.4, -0.2) is 60.0 Å². The van der Waals surface area contributed by atoms with Crippen LogP contribution >= 0.6 is 0 Å². The SMILES string of the molecule is CC(=O)C(C(C)=O)=C(O)C1(N(C)CCc2ccc(OCC3CCCO3)c(F)c2F)CCCC1. The summed E-state index contributed by atoms with van der Waals surface area (Å²) in [6, 6.07) is 2.93. The molecule has 0 spiro atoms. The number of ether oxygens (including phenoxy) is 2. The minimum Gasteiger partial charge on any atom is -0.509 e. The van der Waals surface area contributed by atoms with E-state index in [2.05, 4.69) is 0 Å². The smallest absolute Gasteiger partial charge is 0.200 e. The molecule has 1 saturated heterocycles. The number of benzene rings is 1. The predicted molar refractivity (Wildman–Crippen MR) is 119 cm³/mol. The Kier molecular flexibility index (Phi) is 8.23. The van der Waals surface area contributed by atoms with Crippen molar-refractivity contribution in [1.29, 1.82) is 0 Å². The van der Waals surface area contributed by atoms with Crippen LogP contribution in [0.4, 0.5) is 8.78 Å². The van der Waals surface area contributed by atoms with E-state index in [1.807, 2.05) is 4.90 Å². The lowest BCUT2D eigenvalue weighted by Crippen LogP contribution is -2.48. The molecular formula is C25H33F2NO5. The average molecular weight is 466 g/mol. The molecule has 1 aromatic rings. The van der Waals surface area contributed by atoms with Crippen LogP contribution in [0, 0.1) is 11.6 Å². The molecule has 0 bridgehead atoms. The third-order valence-corrected chi connectivity index (χ3v) is 6.84. The summed E-state index contributed by atoms with van der Waals surface area (Å²) in [5, 5.41) is 11.0. The molecule has 1 unspecified atom stereocenters. The van der Waals surface area contributed by atoms with Gasteiger partial charge in [0.15, 0.2) is 23.1 Å². The van der Waals surface area contributed by atoms with E-state index in [-0.39, 0.29) is 41.8 Å². The summed E-state index contributed by atoms with van der Waals surface area (Å²) < 4.78 is 40.2. The van der Waals surface area contributed by atoms with E-state index >= 15 is 0 Å². The van der Waals surface area contributed by atoms with Crippen molar-refractivity contribution in [2.24, 2.45) is 0 Å². The van der Waals surface area contributed by atoms with Gasteiger partial charge >= 0.3 is 0 Å². The second-order valence-corrected chi connectivity index (χ2v) is 9.04. The Morgan fingerprint density at radius 1 is 1.15 bits per heavy atom. The summed E-state index contributed by atoms with van der Waals surface area (Å²) in [5.41, 5.74) is -0.862. The molecule has 0 amide bonds. The van der Waals surface area contributed by atoms with Gasteiger partial charge in [-0.2, -0.15) is 4.39 Å². The lowest BCUT2D eigenvalue weighted by Gasteiger charge is -2.39. The van der Waals surface area contributed by atoms with Crippen molar-refractivity contribution >= 4 is 11.6 Å². The fraction of sp³-hybridized carbons (Fsp3) is 0.600. The number of rotatable bonds is 10. The minimum absolute atomic E-state index is 0.0981. The van der Waals surface area contributed by atoms with Crippen molar-refractivity contribution in [1.82, 2.24) is 4.90 Å². The van der Waals surface area contributed by atoms with Crippen LogP contribution in [0.15, 0.2) is 23.5 Å². The summed E-state index contributed by atoms with van der Waals surface area (Å²) in [6.07, 6.45) is 4.68. The molecule has 33 heavy (non-hydrogen) atoms. The van der Waals surface area contributed by atoms with Crippen molar-refractivity contribution < 1.29 is 33.0 Å². The Morgan fingerprint density at radius 3 is 2.39 bits per heavy atom. The third kappa shape index (κ3) is 5.44. The molecule has 1 saturated carbocycles. The second kappa shape index (κ2) is 10.7. The van der Waals surface area contributed by atoms with Gasteiger partial charge in [0.2, 0.25) is 5.82 Å². The molecule has 0 radical (unpaired) electrons. The number of aliphatic hydroxyl groups excluding tert-OH is 1. The molecule has 1 heterocycles. The number of likely N-dealkylation sites (N-methyl/N-ethyl adjacent to an activating group) is 1. The van der Waals surface area contributed by atoms with Crippen molar-refractivity contribution in [3.05, 3.63) is 40.7 Å². The largest absolute Gasteiger partial charge is 0.509 e. The van der Waals surface area contributed by atoms with Gasteiger partial charge in [-0.15, -0.1) is 0 Å². The topological polar surface area (TPSA) is 76.1 Å². The first-order chi connectivity index (χ1) is 15.7. The Labute approximate surface area is 193 Å². The highest BCUT2D eigenvalue weighted by atomic mass is 19.2. The average Bonchev–Trinajstić information content (AvgIpc) is 3.46. The van der Waals surface area contributed by atoms with E-state index in [9.17, 15) is 23.5 Å². The van der Waals surface area contributed by atoms with Crippen LogP contribution in [0.5, 0.6) is 5.75 Å². The summed E-state index contributed by atoms with van der Waals surface area (Å²) >= 11 is 0. The van der Waals surface area contributed by atoms with Crippen molar-refractivity contribution in [2.45, 2.75) is 70.4 Å². The molecule has 3 rings (SSSR count). The zero-order chi connectivity index (χ0) is 24.2. The zero-order valence-corrected chi connectivity index (χ0v) is 19.6. The first kappa shape index (κ1) is 25.3. The number of aliphatic hydroxyl groups is 1. The monoisotopic (exact) mass is 465 g/mol. The van der Waals surface area contributed by atoms with Crippen LogP contribution in [0.3, 0.4) is 0 Å². The molecule has 8 heteroatoms. The van der Waals surface area contributed by atoms with Gasteiger partial charge in [-0.3, -0.25) is 14.5 Å². The number of halogens is 2. The fourth-order valence-electron chi connectivity index (χ4n) is 4.91. The molecule has 1 aliphatic carbocycles. The standard InChI is InChI=1S/C25H33F2NO5/c1-16(29)21(17(2)30)24(31)25(11-4-5-12-25)28(3)13-10-18-8-9-20(23(27)22(18)26)33-15-19-7-6-14-32-19/h8-9,19,31H,4-7,10-15H2,1-3H3. The first-order valence-corrected chi connectivity index (χ1v) is 11.6. The van der Waals surface area contributed by atoms with Gasteiger partial charge in [0, 0.05) is 13.2 Å². The van der Waals surface area contributed by atoms with Crippen molar-refractivity contribution in [2.75, 3.05) is 26.8 Å². The Bertz CT molecular complexity index is 902. The van der Waals surface area contributed by atoms with Gasteiger partial charge in [-0.05, 0) is 64.6 Å². The van der Waals surface area contributed by atoms with E-state index in [4.69, 9.17) is 9.47 Å². The van der Waals surface area contributed by atoms with E-state index in [1.54, 1.807) is 7.05 Å². The van der Waals surface area contributed by atoms with Gasteiger partial charge in [0.1, 0.15) is 12.4 Å². The highest BCUT2D eigenvalue weighted by Crippen LogP contribution is 2.41. The molecular weight excluding hydrogens is 432 g/mol. The van der Waals surface area contributed by atoms with Crippen LogP contribution in [-0.2, 0) is 20.7 Å². The number of ketones is 2. The normalized spacial score (nSPS) is 19.6. The predicted octanol–water partition coefficient (Wildman–Crippen LogP) is 4.30. The molecule has 2 aliphatic rings. The zero-order valence-electron chi connectivity index (χ0n) is 19.6. The third-order valence-electron chi connectivity index (χ3n) is 6.84. The van der Waals surface area contributed by atoms with E-state index < -0.39 is 28.7 Å². The van der Waals surface area contributed by atoms with Crippen molar-refractivity contribution in [3.63, 3.8) is 0 Å². The number of carbonyl (C=O) groups excluding carboxylic acids is 2. The number of hydrogen-bond donors (Lipinski definition) is 1. The maximum atomic E-state index is 14.7. The highest BCUT2D eigenvalue weighted by Gasteiger charge is 2.44. The maximum Gasteiger partial charge on any atom is 0.200 e. The Balaban J connectivity index is 1.73. The molecule has 6 nitrogen and oxygen atoms in total. The minimum atomic E-state index is -1.03. The maximum absolute atomic E-state index is 14.7. The number of Topliss-reactive ketones (excluding diaryl/α,β-unsaturated/α-hetero) is 2.